The molecule has 1 amide bonds. The zero-order valence-electron chi connectivity index (χ0n) is 15.0. The molecule has 1 aliphatic rings. The zero-order valence-corrected chi connectivity index (χ0v) is 15.0. The number of nitrogens with one attached hydrogen (secondary N) is 2. The van der Waals surface area contributed by atoms with E-state index in [1.165, 1.54) is 29.5 Å². The Kier molecular flexibility index (Phi) is 6.24. The van der Waals surface area contributed by atoms with Crippen molar-refractivity contribution >= 4 is 12.1 Å². The molecule has 1 aliphatic carbocycles. The molecule has 0 fully saturated rings. The average Bonchev–Trinajstić information content (AvgIpc) is 2.66. The third kappa shape index (κ3) is 4.93. The third-order valence-electron chi connectivity index (χ3n) is 5.25. The first-order valence-corrected chi connectivity index (χ1v) is 9.40. The van der Waals surface area contributed by atoms with Gasteiger partial charge in [0.2, 0.25) is 6.41 Å². The number of amides is 1. The van der Waals surface area contributed by atoms with Crippen LogP contribution in [0.5, 0.6) is 0 Å². The van der Waals surface area contributed by atoms with Crippen LogP contribution in [0, 0.1) is 0 Å². The quantitative estimate of drug-likeness (QED) is 0.712. The molecule has 3 rings (SSSR count). The second kappa shape index (κ2) is 8.82. The number of carbonyl (C=O) groups excluding carboxylic acids is 1. The summed E-state index contributed by atoms with van der Waals surface area (Å²) in [5, 5.41) is 6.64. The number of hydrogen-bond acceptors (Lipinski definition) is 2. The van der Waals surface area contributed by atoms with Crippen molar-refractivity contribution in [2.45, 2.75) is 57.5 Å². The van der Waals surface area contributed by atoms with Gasteiger partial charge in [-0.15, -0.1) is 0 Å². The van der Waals surface area contributed by atoms with E-state index in [0.717, 1.165) is 37.8 Å². The van der Waals surface area contributed by atoms with Crippen molar-refractivity contribution in [3.8, 4) is 0 Å². The van der Waals surface area contributed by atoms with Crippen LogP contribution in [0.3, 0.4) is 0 Å². The van der Waals surface area contributed by atoms with Crippen LogP contribution in [0.4, 0.5) is 5.69 Å². The SMILES string of the molecule is CCC(CCc1ccccc1)NC1CCc2ccc(NC=O)cc2C1. The minimum atomic E-state index is 0.528. The van der Waals surface area contributed by atoms with E-state index in [9.17, 15) is 4.79 Å². The number of benzene rings is 2. The highest BCUT2D eigenvalue weighted by Gasteiger charge is 2.21. The monoisotopic (exact) mass is 336 g/mol. The summed E-state index contributed by atoms with van der Waals surface area (Å²) < 4.78 is 0. The standard InChI is InChI=1S/C22H28N2O/c1-2-20(11-8-17-6-4-3-5-7-17)24-22-13-10-18-9-12-21(23-16-25)14-19(18)15-22/h3-7,9,12,14,16,20,22,24H,2,8,10-11,13,15H2,1H3,(H,23,25). The maximum atomic E-state index is 10.7. The van der Waals surface area contributed by atoms with E-state index in [0.29, 0.717) is 12.1 Å². The van der Waals surface area contributed by atoms with E-state index >= 15 is 0 Å². The predicted octanol–water partition coefficient (Wildman–Crippen LogP) is 4.11. The lowest BCUT2D eigenvalue weighted by Gasteiger charge is -2.30. The van der Waals surface area contributed by atoms with Gasteiger partial charge in [0.05, 0.1) is 0 Å². The molecule has 2 atom stereocenters. The first-order chi connectivity index (χ1) is 12.3. The molecule has 0 radical (unpaired) electrons. The molecule has 0 aromatic heterocycles. The number of anilines is 1. The maximum absolute atomic E-state index is 10.7. The van der Waals surface area contributed by atoms with Crippen LogP contribution >= 0.6 is 0 Å². The van der Waals surface area contributed by atoms with Gasteiger partial charge < -0.3 is 10.6 Å². The molecule has 2 unspecified atom stereocenters. The summed E-state index contributed by atoms with van der Waals surface area (Å²) in [4.78, 5) is 10.7. The molecule has 2 N–H and O–H groups in total. The van der Waals surface area contributed by atoms with Crippen molar-refractivity contribution in [3.05, 3.63) is 65.2 Å². The summed E-state index contributed by atoms with van der Waals surface area (Å²) in [5.74, 6) is 0. The minimum absolute atomic E-state index is 0.528. The van der Waals surface area contributed by atoms with Crippen molar-refractivity contribution in [2.75, 3.05) is 5.32 Å². The van der Waals surface area contributed by atoms with Gasteiger partial charge in [0.1, 0.15) is 0 Å². The van der Waals surface area contributed by atoms with Crippen LogP contribution in [-0.2, 0) is 24.1 Å². The van der Waals surface area contributed by atoms with E-state index in [-0.39, 0.29) is 0 Å². The van der Waals surface area contributed by atoms with Crippen LogP contribution in [-0.4, -0.2) is 18.5 Å². The Labute approximate surface area is 150 Å². The Morgan fingerprint density at radius 2 is 2.00 bits per heavy atom. The van der Waals surface area contributed by atoms with Crippen LogP contribution in [0.25, 0.3) is 0 Å². The smallest absolute Gasteiger partial charge is 0.211 e. The number of hydrogen-bond donors (Lipinski definition) is 2. The molecule has 132 valence electrons. The van der Waals surface area contributed by atoms with Gasteiger partial charge in [0, 0.05) is 17.8 Å². The fraction of sp³-hybridized carbons (Fsp3) is 0.409. The highest BCUT2D eigenvalue weighted by atomic mass is 16.1. The molecular weight excluding hydrogens is 308 g/mol. The first kappa shape index (κ1) is 17.7. The van der Waals surface area contributed by atoms with Gasteiger partial charge in [-0.1, -0.05) is 43.3 Å². The molecule has 3 heteroatoms. The number of fused-ring (bicyclic) bond motifs is 1. The van der Waals surface area contributed by atoms with Crippen molar-refractivity contribution in [3.63, 3.8) is 0 Å². The van der Waals surface area contributed by atoms with Gasteiger partial charge in [0.15, 0.2) is 0 Å². The van der Waals surface area contributed by atoms with Gasteiger partial charge in [-0.2, -0.15) is 0 Å². The largest absolute Gasteiger partial charge is 0.329 e. The average molecular weight is 336 g/mol. The van der Waals surface area contributed by atoms with Crippen LogP contribution < -0.4 is 10.6 Å². The number of rotatable bonds is 8. The molecule has 0 aliphatic heterocycles. The van der Waals surface area contributed by atoms with Gasteiger partial charge in [-0.25, -0.2) is 0 Å². The second-order valence-electron chi connectivity index (χ2n) is 6.98. The summed E-state index contributed by atoms with van der Waals surface area (Å²) in [6.45, 7) is 2.27. The number of aryl methyl sites for hydroxylation is 2. The van der Waals surface area contributed by atoms with Crippen molar-refractivity contribution in [2.24, 2.45) is 0 Å². The molecule has 2 aromatic rings. The zero-order chi connectivity index (χ0) is 17.5. The fourth-order valence-corrected chi connectivity index (χ4v) is 3.78. The second-order valence-corrected chi connectivity index (χ2v) is 6.98. The summed E-state index contributed by atoms with van der Waals surface area (Å²) >= 11 is 0. The first-order valence-electron chi connectivity index (χ1n) is 9.40. The minimum Gasteiger partial charge on any atom is -0.329 e. The van der Waals surface area contributed by atoms with Gasteiger partial charge in [-0.3, -0.25) is 4.79 Å². The molecule has 0 spiro atoms. The highest BCUT2D eigenvalue weighted by Crippen LogP contribution is 2.25. The van der Waals surface area contributed by atoms with E-state index in [1.54, 1.807) is 0 Å². The summed E-state index contributed by atoms with van der Waals surface area (Å²) in [6.07, 6.45) is 7.56. The fourth-order valence-electron chi connectivity index (χ4n) is 3.78. The Morgan fingerprint density at radius 3 is 2.76 bits per heavy atom. The van der Waals surface area contributed by atoms with Crippen molar-refractivity contribution in [1.82, 2.24) is 5.32 Å². The van der Waals surface area contributed by atoms with Crippen molar-refractivity contribution < 1.29 is 4.79 Å². The van der Waals surface area contributed by atoms with Gasteiger partial charge in [-0.05, 0) is 67.3 Å². The third-order valence-corrected chi connectivity index (χ3v) is 5.25. The Balaban J connectivity index is 1.56. The molecule has 0 saturated carbocycles. The van der Waals surface area contributed by atoms with Crippen LogP contribution in [0.15, 0.2) is 48.5 Å². The van der Waals surface area contributed by atoms with Gasteiger partial charge >= 0.3 is 0 Å². The Morgan fingerprint density at radius 1 is 1.16 bits per heavy atom. The van der Waals surface area contributed by atoms with Gasteiger partial charge in [0.25, 0.3) is 0 Å². The molecular formula is C22H28N2O. The molecule has 2 aromatic carbocycles. The predicted molar refractivity (Wildman–Crippen MR) is 104 cm³/mol. The Hall–Kier alpha value is -2.13. The summed E-state index contributed by atoms with van der Waals surface area (Å²) in [5.41, 5.74) is 5.10. The molecule has 0 heterocycles. The maximum Gasteiger partial charge on any atom is 0.211 e. The van der Waals surface area contributed by atoms with Crippen molar-refractivity contribution in [1.29, 1.82) is 0 Å². The van der Waals surface area contributed by atoms with E-state index in [1.807, 2.05) is 6.07 Å². The molecule has 25 heavy (non-hydrogen) atoms. The molecule has 3 nitrogen and oxygen atoms in total. The lowest BCUT2D eigenvalue weighted by atomic mass is 9.87. The van der Waals surface area contributed by atoms with Crippen LogP contribution in [0.1, 0.15) is 42.9 Å². The topological polar surface area (TPSA) is 41.1 Å². The van der Waals surface area contributed by atoms with E-state index in [2.05, 4.69) is 60.0 Å². The normalized spacial score (nSPS) is 17.6. The lowest BCUT2D eigenvalue weighted by molar-refractivity contribution is -0.105. The van der Waals surface area contributed by atoms with E-state index in [4.69, 9.17) is 0 Å². The number of carbonyl (C=O) groups is 1. The van der Waals surface area contributed by atoms with Crippen LogP contribution in [0.2, 0.25) is 0 Å². The van der Waals surface area contributed by atoms with E-state index < -0.39 is 0 Å². The lowest BCUT2D eigenvalue weighted by Crippen LogP contribution is -2.41. The summed E-state index contributed by atoms with van der Waals surface area (Å²) in [7, 11) is 0. The highest BCUT2D eigenvalue weighted by molar-refractivity contribution is 5.71. The Bertz CT molecular complexity index is 684. The summed E-state index contributed by atoms with van der Waals surface area (Å²) in [6, 6.07) is 18.1. The molecule has 0 saturated heterocycles. The molecule has 0 bridgehead atoms.